The van der Waals surface area contributed by atoms with Crippen molar-refractivity contribution in [3.8, 4) is 0 Å². The Morgan fingerprint density at radius 2 is 2.00 bits per heavy atom. The first-order valence-corrected chi connectivity index (χ1v) is 5.50. The summed E-state index contributed by atoms with van der Waals surface area (Å²) in [4.78, 5) is 7.42. The van der Waals surface area contributed by atoms with Gasteiger partial charge in [0.1, 0.15) is 0 Å². The highest BCUT2D eigenvalue weighted by atomic mass is 15.1. The molecule has 84 valence electrons. The van der Waals surface area contributed by atoms with Gasteiger partial charge in [0.05, 0.1) is 6.04 Å². The fourth-order valence-electron chi connectivity index (χ4n) is 1.84. The lowest BCUT2D eigenvalue weighted by Gasteiger charge is -2.15. The summed E-state index contributed by atoms with van der Waals surface area (Å²) in [6, 6.07) is 8.65. The van der Waals surface area contributed by atoms with Gasteiger partial charge in [0.25, 0.3) is 0 Å². The average molecular weight is 215 g/mol. The molecule has 2 aromatic rings. The van der Waals surface area contributed by atoms with Gasteiger partial charge in [-0.1, -0.05) is 24.3 Å². The molecule has 1 aromatic carbocycles. The Kier molecular flexibility index (Phi) is 2.95. The number of nitrogens with one attached hydrogen (secondary N) is 2. The third-order valence-electron chi connectivity index (χ3n) is 2.71. The SMILES string of the molecule is Cc1cnc(NC(C)c2ccccc2C)[nH]1. The minimum Gasteiger partial charge on any atom is -0.349 e. The van der Waals surface area contributed by atoms with Gasteiger partial charge in [-0.05, 0) is 31.9 Å². The summed E-state index contributed by atoms with van der Waals surface area (Å²) in [6.45, 7) is 6.26. The first kappa shape index (κ1) is 10.7. The molecule has 0 saturated heterocycles. The first-order valence-electron chi connectivity index (χ1n) is 5.50. The number of imidazole rings is 1. The molecule has 3 heteroatoms. The number of nitrogens with zero attached hydrogens (tertiary/aromatic N) is 1. The van der Waals surface area contributed by atoms with Crippen LogP contribution in [0.25, 0.3) is 0 Å². The molecule has 0 radical (unpaired) electrons. The van der Waals surface area contributed by atoms with Gasteiger partial charge in [0, 0.05) is 11.9 Å². The molecule has 0 aliphatic carbocycles. The van der Waals surface area contributed by atoms with Crippen molar-refractivity contribution in [3.63, 3.8) is 0 Å². The second-order valence-corrected chi connectivity index (χ2v) is 4.14. The summed E-state index contributed by atoms with van der Waals surface area (Å²) in [5, 5.41) is 3.35. The summed E-state index contributed by atoms with van der Waals surface area (Å²) >= 11 is 0. The molecule has 0 aliphatic rings. The Morgan fingerprint density at radius 3 is 2.62 bits per heavy atom. The van der Waals surface area contributed by atoms with Gasteiger partial charge in [-0.2, -0.15) is 0 Å². The van der Waals surface area contributed by atoms with E-state index in [1.165, 1.54) is 11.1 Å². The maximum absolute atomic E-state index is 4.24. The maximum Gasteiger partial charge on any atom is 0.200 e. The van der Waals surface area contributed by atoms with Gasteiger partial charge < -0.3 is 10.3 Å². The molecule has 1 heterocycles. The Bertz CT molecular complexity index is 474. The van der Waals surface area contributed by atoms with Crippen molar-refractivity contribution in [2.24, 2.45) is 0 Å². The summed E-state index contributed by atoms with van der Waals surface area (Å²) < 4.78 is 0. The fraction of sp³-hybridized carbons (Fsp3) is 0.308. The molecule has 0 fully saturated rings. The molecule has 0 amide bonds. The van der Waals surface area contributed by atoms with Gasteiger partial charge in [-0.3, -0.25) is 0 Å². The molecule has 2 N–H and O–H groups in total. The van der Waals surface area contributed by atoms with Crippen LogP contribution in [-0.4, -0.2) is 9.97 Å². The van der Waals surface area contributed by atoms with Crippen LogP contribution in [0.1, 0.15) is 29.8 Å². The molecule has 2 rings (SSSR count). The highest BCUT2D eigenvalue weighted by Gasteiger charge is 2.08. The zero-order valence-corrected chi connectivity index (χ0v) is 9.91. The molecule has 1 aromatic heterocycles. The van der Waals surface area contributed by atoms with Crippen LogP contribution in [0, 0.1) is 13.8 Å². The van der Waals surface area contributed by atoms with Crippen molar-refractivity contribution in [2.45, 2.75) is 26.8 Å². The number of hydrogen-bond donors (Lipinski definition) is 2. The standard InChI is InChI=1S/C13H17N3/c1-9-6-4-5-7-12(9)11(3)16-13-14-8-10(2)15-13/h4-8,11H,1-3H3,(H2,14,15,16). The van der Waals surface area contributed by atoms with Crippen molar-refractivity contribution < 1.29 is 0 Å². The van der Waals surface area contributed by atoms with Crippen LogP contribution in [0.5, 0.6) is 0 Å². The number of hydrogen-bond acceptors (Lipinski definition) is 2. The van der Waals surface area contributed by atoms with E-state index in [1.807, 2.05) is 13.1 Å². The molecule has 1 unspecified atom stereocenters. The van der Waals surface area contributed by atoms with Gasteiger partial charge in [-0.25, -0.2) is 4.98 Å². The lowest BCUT2D eigenvalue weighted by molar-refractivity contribution is 0.857. The monoisotopic (exact) mass is 215 g/mol. The fourth-order valence-corrected chi connectivity index (χ4v) is 1.84. The van der Waals surface area contributed by atoms with Crippen LogP contribution in [0.15, 0.2) is 30.5 Å². The third kappa shape index (κ3) is 2.24. The largest absolute Gasteiger partial charge is 0.349 e. The Morgan fingerprint density at radius 1 is 1.25 bits per heavy atom. The van der Waals surface area contributed by atoms with Crippen LogP contribution < -0.4 is 5.32 Å². The Labute approximate surface area is 95.9 Å². The zero-order chi connectivity index (χ0) is 11.5. The summed E-state index contributed by atoms with van der Waals surface area (Å²) in [7, 11) is 0. The first-order chi connectivity index (χ1) is 7.66. The number of anilines is 1. The zero-order valence-electron chi connectivity index (χ0n) is 9.91. The quantitative estimate of drug-likeness (QED) is 0.825. The van der Waals surface area contributed by atoms with Crippen molar-refractivity contribution in [1.82, 2.24) is 9.97 Å². The molecule has 0 saturated carbocycles. The molecule has 3 nitrogen and oxygen atoms in total. The van der Waals surface area contributed by atoms with E-state index in [2.05, 4.69) is 53.4 Å². The van der Waals surface area contributed by atoms with E-state index in [0.717, 1.165) is 11.6 Å². The van der Waals surface area contributed by atoms with Crippen molar-refractivity contribution in [3.05, 3.63) is 47.3 Å². The van der Waals surface area contributed by atoms with E-state index in [-0.39, 0.29) is 6.04 Å². The van der Waals surface area contributed by atoms with E-state index < -0.39 is 0 Å². The van der Waals surface area contributed by atoms with Gasteiger partial charge in [0.15, 0.2) is 0 Å². The molecule has 0 bridgehead atoms. The molecule has 1 atom stereocenters. The van der Waals surface area contributed by atoms with Crippen molar-refractivity contribution in [2.75, 3.05) is 5.32 Å². The number of H-pyrrole nitrogens is 1. The predicted octanol–water partition coefficient (Wildman–Crippen LogP) is 3.20. The van der Waals surface area contributed by atoms with E-state index in [4.69, 9.17) is 0 Å². The average Bonchev–Trinajstić information content (AvgIpc) is 2.64. The van der Waals surface area contributed by atoms with Gasteiger partial charge >= 0.3 is 0 Å². The lowest BCUT2D eigenvalue weighted by atomic mass is 10.0. The van der Waals surface area contributed by atoms with E-state index in [1.54, 1.807) is 0 Å². The molecule has 0 aliphatic heterocycles. The Hall–Kier alpha value is -1.77. The van der Waals surface area contributed by atoms with E-state index >= 15 is 0 Å². The number of aryl methyl sites for hydroxylation is 2. The third-order valence-corrected chi connectivity index (χ3v) is 2.71. The van der Waals surface area contributed by atoms with Crippen LogP contribution in [0.2, 0.25) is 0 Å². The van der Waals surface area contributed by atoms with E-state index in [0.29, 0.717) is 0 Å². The van der Waals surface area contributed by atoms with Crippen LogP contribution >= 0.6 is 0 Å². The number of rotatable bonds is 3. The number of benzene rings is 1. The Balaban J connectivity index is 2.14. The second kappa shape index (κ2) is 4.39. The maximum atomic E-state index is 4.24. The van der Waals surface area contributed by atoms with Gasteiger partial charge in [-0.15, -0.1) is 0 Å². The molecular weight excluding hydrogens is 198 g/mol. The summed E-state index contributed by atoms with van der Waals surface area (Å²) in [5.74, 6) is 0.827. The topological polar surface area (TPSA) is 40.7 Å². The minimum atomic E-state index is 0.256. The van der Waals surface area contributed by atoms with Crippen LogP contribution in [0.4, 0.5) is 5.95 Å². The number of aromatic amines is 1. The van der Waals surface area contributed by atoms with Crippen molar-refractivity contribution >= 4 is 5.95 Å². The summed E-state index contributed by atoms with van der Waals surface area (Å²) in [6.07, 6.45) is 1.83. The molecule has 0 spiro atoms. The second-order valence-electron chi connectivity index (χ2n) is 4.14. The van der Waals surface area contributed by atoms with Gasteiger partial charge in [0.2, 0.25) is 5.95 Å². The predicted molar refractivity (Wildman–Crippen MR) is 66.5 cm³/mol. The highest BCUT2D eigenvalue weighted by molar-refractivity contribution is 5.36. The minimum absolute atomic E-state index is 0.256. The van der Waals surface area contributed by atoms with Crippen LogP contribution in [0.3, 0.4) is 0 Å². The smallest absolute Gasteiger partial charge is 0.200 e. The normalized spacial score (nSPS) is 12.4. The molecular formula is C13H17N3. The van der Waals surface area contributed by atoms with Crippen molar-refractivity contribution in [1.29, 1.82) is 0 Å². The van der Waals surface area contributed by atoms with Crippen LogP contribution in [-0.2, 0) is 0 Å². The lowest BCUT2D eigenvalue weighted by Crippen LogP contribution is -2.09. The number of aromatic nitrogens is 2. The van der Waals surface area contributed by atoms with E-state index in [9.17, 15) is 0 Å². The highest BCUT2D eigenvalue weighted by Crippen LogP contribution is 2.20. The summed E-state index contributed by atoms with van der Waals surface area (Å²) in [5.41, 5.74) is 3.67. The molecule has 16 heavy (non-hydrogen) atoms.